The molecule has 3 nitrogen and oxygen atoms in total. The van der Waals surface area contributed by atoms with Gasteiger partial charge in [-0.15, -0.1) is 0 Å². The molecule has 0 saturated carbocycles. The van der Waals surface area contributed by atoms with Crippen LogP contribution in [0.5, 0.6) is 0 Å². The molecule has 1 aromatic heterocycles. The lowest BCUT2D eigenvalue weighted by Gasteiger charge is -2.03. The van der Waals surface area contributed by atoms with Gasteiger partial charge < -0.3 is 0 Å². The molecule has 0 aliphatic carbocycles. The number of nitrogens with zero attached hydrogens (tertiary/aromatic N) is 1. The Bertz CT molecular complexity index is 585. The lowest BCUT2D eigenvalue weighted by atomic mass is 10.1. The zero-order chi connectivity index (χ0) is 10.9. The number of benzene rings is 1. The second kappa shape index (κ2) is 3.62. The van der Waals surface area contributed by atoms with Crippen LogP contribution in [0.25, 0.3) is 10.9 Å². The first-order valence-corrected chi connectivity index (χ1v) is 6.27. The number of fused-ring (bicyclic) bond motifs is 1. The molecule has 2 aromatic rings. The number of pyridine rings is 1. The summed E-state index contributed by atoms with van der Waals surface area (Å²) in [6.45, 7) is 0. The van der Waals surface area contributed by atoms with Gasteiger partial charge in [0, 0.05) is 11.6 Å². The van der Waals surface area contributed by atoms with Gasteiger partial charge in [-0.1, -0.05) is 24.3 Å². The molecule has 77 valence electrons. The topological polar surface area (TPSA) is 47.0 Å². The zero-order valence-electron chi connectivity index (χ0n) is 8.05. The summed E-state index contributed by atoms with van der Waals surface area (Å²) in [7, 11) is -3.26. The maximum atomic E-state index is 11.1. The predicted octanol–water partition coefficient (Wildman–Crippen LogP) is 1.94. The van der Waals surface area contributed by atoms with Gasteiger partial charge >= 0.3 is 0 Å². The first-order valence-electron chi connectivity index (χ1n) is 4.45. The van der Waals surface area contributed by atoms with Gasteiger partial charge in [0.2, 0.25) is 0 Å². The van der Waals surface area contributed by atoms with Crippen LogP contribution in [0.3, 0.4) is 0 Å². The Morgan fingerprint density at radius 2 is 1.93 bits per heavy atom. The average Bonchev–Trinajstić information content (AvgIpc) is 2.16. The monoisotopic (exact) mass is 220 g/mol. The summed E-state index contributed by atoms with van der Waals surface area (Å²) in [6.07, 6.45) is 4.77. The fourth-order valence-corrected chi connectivity index (χ4v) is 2.23. The summed E-state index contributed by atoms with van der Waals surface area (Å²) in [5.41, 5.74) is 1.43. The molecule has 0 fully saturated rings. The Morgan fingerprint density at radius 3 is 2.67 bits per heavy atom. The fourth-order valence-electron chi connectivity index (χ4n) is 1.52. The first-order chi connectivity index (χ1) is 7.06. The van der Waals surface area contributed by atoms with Crippen LogP contribution in [0.1, 0.15) is 5.56 Å². The van der Waals surface area contributed by atoms with E-state index in [-0.39, 0.29) is 5.75 Å². The average molecular weight is 220 g/mol. The van der Waals surface area contributed by atoms with E-state index in [4.69, 9.17) is 0 Å². The van der Waals surface area contributed by atoms with Crippen molar-refractivity contribution in [2.24, 2.45) is 0 Å². The van der Waals surface area contributed by atoms with Crippen LogP contribution in [0.2, 0.25) is 0 Å². The van der Waals surface area contributed by atoms with Crippen molar-refractivity contribution in [1.82, 2.24) is 4.98 Å². The van der Waals surface area contributed by atoms with E-state index in [9.17, 15) is 8.42 Å². The second-order valence-electron chi connectivity index (χ2n) is 3.38. The highest BCUT2D eigenvalue weighted by Gasteiger charge is 2.08. The first kappa shape index (κ1) is 10.1. The van der Waals surface area contributed by atoms with Crippen molar-refractivity contribution in [2.75, 3.05) is 0 Å². The van der Waals surface area contributed by atoms with E-state index in [0.717, 1.165) is 10.9 Å². The zero-order valence-corrected chi connectivity index (χ0v) is 8.87. The molecule has 0 atom stereocenters. The van der Waals surface area contributed by atoms with E-state index in [1.54, 1.807) is 12.3 Å². The van der Waals surface area contributed by atoms with Crippen LogP contribution in [0, 0.1) is 6.26 Å². The van der Waals surface area contributed by atoms with E-state index in [2.05, 4.69) is 11.2 Å². The lowest BCUT2D eigenvalue weighted by Crippen LogP contribution is -1.99. The summed E-state index contributed by atoms with van der Waals surface area (Å²) in [5.74, 6) is -0.0681. The van der Waals surface area contributed by atoms with E-state index in [1.165, 1.54) is 0 Å². The number of aromatic nitrogens is 1. The molecule has 0 spiro atoms. The third kappa shape index (κ3) is 2.33. The normalized spacial score (nSPS) is 11.8. The van der Waals surface area contributed by atoms with Crippen molar-refractivity contribution in [3.05, 3.63) is 48.3 Å². The molecule has 1 radical (unpaired) electrons. The molecular weight excluding hydrogens is 210 g/mol. The highest BCUT2D eigenvalue weighted by Crippen LogP contribution is 2.17. The van der Waals surface area contributed by atoms with Crippen molar-refractivity contribution in [3.8, 4) is 0 Å². The molecule has 2 rings (SSSR count). The Hall–Kier alpha value is -1.42. The molecule has 0 saturated heterocycles. The van der Waals surface area contributed by atoms with Crippen molar-refractivity contribution >= 4 is 20.7 Å². The van der Waals surface area contributed by atoms with Gasteiger partial charge in [-0.2, -0.15) is 0 Å². The van der Waals surface area contributed by atoms with Crippen LogP contribution < -0.4 is 0 Å². The SMILES string of the molecule is [CH2]S(=O)(=O)Cc1cccc2cccnc12. The highest BCUT2D eigenvalue weighted by atomic mass is 32.2. The Labute approximate surface area is 88.7 Å². The molecule has 0 unspecified atom stereocenters. The maximum absolute atomic E-state index is 11.1. The number of hydrogen-bond acceptors (Lipinski definition) is 3. The third-order valence-electron chi connectivity index (χ3n) is 2.09. The van der Waals surface area contributed by atoms with Crippen LogP contribution in [0.15, 0.2) is 36.5 Å². The van der Waals surface area contributed by atoms with Crippen LogP contribution >= 0.6 is 0 Å². The van der Waals surface area contributed by atoms with E-state index < -0.39 is 9.84 Å². The quantitative estimate of drug-likeness (QED) is 0.777. The van der Waals surface area contributed by atoms with E-state index in [1.807, 2.05) is 24.3 Å². The summed E-state index contributed by atoms with van der Waals surface area (Å²) in [5, 5.41) is 0.943. The standard InChI is InChI=1S/C11H10NO2S/c1-15(13,14)8-10-5-2-4-9-6-3-7-12-11(9)10/h2-7H,1,8H2. The summed E-state index contributed by atoms with van der Waals surface area (Å²) < 4.78 is 22.2. The van der Waals surface area contributed by atoms with E-state index in [0.29, 0.717) is 5.56 Å². The molecule has 0 N–H and O–H groups in total. The number of hydrogen-bond donors (Lipinski definition) is 0. The van der Waals surface area contributed by atoms with Crippen LogP contribution in [-0.4, -0.2) is 13.4 Å². The van der Waals surface area contributed by atoms with Gasteiger partial charge in [0.25, 0.3) is 0 Å². The van der Waals surface area contributed by atoms with Crippen molar-refractivity contribution in [2.45, 2.75) is 5.75 Å². The van der Waals surface area contributed by atoms with Crippen molar-refractivity contribution in [3.63, 3.8) is 0 Å². The highest BCUT2D eigenvalue weighted by molar-refractivity contribution is 7.91. The van der Waals surface area contributed by atoms with Crippen LogP contribution in [0.4, 0.5) is 0 Å². The van der Waals surface area contributed by atoms with Gasteiger partial charge in [-0.25, -0.2) is 8.42 Å². The van der Waals surface area contributed by atoms with Gasteiger partial charge in [0.15, 0.2) is 9.84 Å². The number of sulfone groups is 1. The summed E-state index contributed by atoms with van der Waals surface area (Å²) in [4.78, 5) is 4.17. The van der Waals surface area contributed by atoms with Gasteiger partial charge in [-0.3, -0.25) is 4.98 Å². The number of rotatable bonds is 2. The molecule has 1 heterocycles. The van der Waals surface area contributed by atoms with Crippen molar-refractivity contribution < 1.29 is 8.42 Å². The Kier molecular flexibility index (Phi) is 2.44. The molecule has 15 heavy (non-hydrogen) atoms. The molecule has 0 aliphatic rings. The minimum absolute atomic E-state index is 0.0681. The largest absolute Gasteiger partial charge is 0.256 e. The summed E-state index contributed by atoms with van der Waals surface area (Å²) >= 11 is 0. The molecule has 0 amide bonds. The molecular formula is C11H10NO2S. The minimum atomic E-state index is -3.26. The molecule has 1 aromatic carbocycles. The minimum Gasteiger partial charge on any atom is -0.256 e. The maximum Gasteiger partial charge on any atom is 0.155 e. The Morgan fingerprint density at radius 1 is 1.20 bits per heavy atom. The van der Waals surface area contributed by atoms with Crippen molar-refractivity contribution in [1.29, 1.82) is 0 Å². The second-order valence-corrected chi connectivity index (χ2v) is 5.16. The van der Waals surface area contributed by atoms with Gasteiger partial charge in [-0.05, 0) is 11.6 Å². The molecule has 4 heteroatoms. The predicted molar refractivity (Wildman–Crippen MR) is 59.7 cm³/mol. The smallest absolute Gasteiger partial charge is 0.155 e. The molecule has 0 aliphatic heterocycles. The van der Waals surface area contributed by atoms with Gasteiger partial charge in [0.05, 0.1) is 17.5 Å². The third-order valence-corrected chi connectivity index (χ3v) is 2.84. The van der Waals surface area contributed by atoms with Gasteiger partial charge in [0.1, 0.15) is 0 Å². The fraction of sp³-hybridized carbons (Fsp3) is 0.0909. The molecule has 0 bridgehead atoms. The van der Waals surface area contributed by atoms with Crippen LogP contribution in [-0.2, 0) is 15.6 Å². The summed E-state index contributed by atoms with van der Waals surface area (Å²) in [6, 6.07) is 9.22. The van der Waals surface area contributed by atoms with E-state index >= 15 is 0 Å². The number of para-hydroxylation sites is 1. The lowest BCUT2D eigenvalue weighted by molar-refractivity contribution is 0.603. The Balaban J connectivity index is 2.61.